The third kappa shape index (κ3) is 3.43. The number of ether oxygens (including phenoxy) is 1. The highest BCUT2D eigenvalue weighted by Gasteiger charge is 2.34. The highest BCUT2D eigenvalue weighted by molar-refractivity contribution is 5.86. The normalized spacial score (nSPS) is 22.2. The maximum Gasteiger partial charge on any atom is 0.326 e. The van der Waals surface area contributed by atoms with Gasteiger partial charge in [-0.1, -0.05) is 13.8 Å². The van der Waals surface area contributed by atoms with Crippen molar-refractivity contribution in [1.29, 1.82) is 0 Å². The Balaban J connectivity index is 2.68. The molecule has 1 aliphatic heterocycles. The molecule has 1 amide bonds. The van der Waals surface area contributed by atoms with Gasteiger partial charge in [0.15, 0.2) is 0 Å². The predicted molar refractivity (Wildman–Crippen MR) is 62.6 cm³/mol. The maximum atomic E-state index is 12.1. The number of carboxylic acids is 1. The summed E-state index contributed by atoms with van der Waals surface area (Å²) in [5, 5.41) is 9.13. The number of aliphatic carboxylic acids is 1. The molecule has 0 aromatic heterocycles. The molecule has 2 unspecified atom stereocenters. The summed E-state index contributed by atoms with van der Waals surface area (Å²) in [4.78, 5) is 24.5. The molecule has 5 nitrogen and oxygen atoms in total. The highest BCUT2D eigenvalue weighted by atomic mass is 16.5. The number of hydrogen-bond acceptors (Lipinski definition) is 3. The van der Waals surface area contributed by atoms with Crippen LogP contribution in [0.4, 0.5) is 0 Å². The van der Waals surface area contributed by atoms with Crippen LogP contribution in [-0.2, 0) is 14.3 Å². The Bertz CT molecular complexity index is 284. The highest BCUT2D eigenvalue weighted by Crippen LogP contribution is 2.18. The van der Waals surface area contributed by atoms with Gasteiger partial charge in [0.2, 0.25) is 0 Å². The number of amides is 1. The molecule has 0 spiro atoms. The van der Waals surface area contributed by atoms with Crippen LogP contribution in [0.2, 0.25) is 0 Å². The second-order valence-electron chi connectivity index (χ2n) is 4.83. The van der Waals surface area contributed by atoms with Crippen molar-refractivity contribution in [2.45, 2.75) is 45.3 Å². The molecule has 0 radical (unpaired) electrons. The van der Waals surface area contributed by atoms with Gasteiger partial charge in [-0.15, -0.1) is 0 Å². The van der Waals surface area contributed by atoms with Gasteiger partial charge in [0.05, 0.1) is 0 Å². The fourth-order valence-corrected chi connectivity index (χ4v) is 2.20. The average molecular weight is 243 g/mol. The zero-order chi connectivity index (χ0) is 13.0. The number of carbonyl (C=O) groups excluding carboxylic acids is 1. The van der Waals surface area contributed by atoms with E-state index in [-0.39, 0.29) is 11.8 Å². The van der Waals surface area contributed by atoms with Crippen LogP contribution in [-0.4, -0.2) is 47.7 Å². The Hall–Kier alpha value is -1.10. The molecule has 1 heterocycles. The van der Waals surface area contributed by atoms with Crippen LogP contribution >= 0.6 is 0 Å². The lowest BCUT2D eigenvalue weighted by Gasteiger charge is -2.32. The lowest BCUT2D eigenvalue weighted by Crippen LogP contribution is -2.50. The van der Waals surface area contributed by atoms with Crippen LogP contribution in [0, 0.1) is 5.92 Å². The molecule has 1 rings (SSSR count). The topological polar surface area (TPSA) is 66.8 Å². The summed E-state index contributed by atoms with van der Waals surface area (Å²) in [6.07, 6.45) is 2.16. The van der Waals surface area contributed by atoms with Crippen LogP contribution in [0.5, 0.6) is 0 Å². The Kier molecular flexibility index (Phi) is 4.93. The number of nitrogens with zero attached hydrogens (tertiary/aromatic N) is 1. The number of carbonyl (C=O) groups is 2. The fraction of sp³-hybridized carbons (Fsp3) is 0.833. The van der Waals surface area contributed by atoms with Crippen molar-refractivity contribution in [2.24, 2.45) is 5.92 Å². The van der Waals surface area contributed by atoms with Crippen molar-refractivity contribution in [3.05, 3.63) is 0 Å². The van der Waals surface area contributed by atoms with E-state index in [1.165, 1.54) is 4.90 Å². The first-order valence-electron chi connectivity index (χ1n) is 6.06. The molecule has 1 fully saturated rings. The van der Waals surface area contributed by atoms with Gasteiger partial charge in [0, 0.05) is 13.7 Å². The van der Waals surface area contributed by atoms with Crippen LogP contribution in [0.1, 0.15) is 33.1 Å². The molecule has 1 N–H and O–H groups in total. The first kappa shape index (κ1) is 14.0. The molecule has 0 aromatic carbocycles. The van der Waals surface area contributed by atoms with Crippen molar-refractivity contribution >= 4 is 11.9 Å². The van der Waals surface area contributed by atoms with Gasteiger partial charge in [0.1, 0.15) is 12.1 Å². The Morgan fingerprint density at radius 1 is 1.35 bits per heavy atom. The van der Waals surface area contributed by atoms with Crippen molar-refractivity contribution in [2.75, 3.05) is 13.7 Å². The third-order valence-electron chi connectivity index (χ3n) is 3.10. The minimum Gasteiger partial charge on any atom is -0.480 e. The summed E-state index contributed by atoms with van der Waals surface area (Å²) in [6.45, 7) is 4.18. The summed E-state index contributed by atoms with van der Waals surface area (Å²) in [7, 11) is 1.54. The van der Waals surface area contributed by atoms with Crippen LogP contribution in [0.3, 0.4) is 0 Å². The summed E-state index contributed by atoms with van der Waals surface area (Å²) >= 11 is 0. The zero-order valence-corrected chi connectivity index (χ0v) is 10.7. The lowest BCUT2D eigenvalue weighted by molar-refractivity contribution is -0.157. The van der Waals surface area contributed by atoms with Gasteiger partial charge in [-0.25, -0.2) is 4.79 Å². The molecule has 0 bridgehead atoms. The summed E-state index contributed by atoms with van der Waals surface area (Å²) < 4.78 is 5.39. The molecule has 0 saturated carbocycles. The first-order chi connectivity index (χ1) is 7.95. The molecular formula is C12H21NO4. The van der Waals surface area contributed by atoms with E-state index in [1.807, 2.05) is 0 Å². The van der Waals surface area contributed by atoms with Crippen LogP contribution in [0.15, 0.2) is 0 Å². The minimum absolute atomic E-state index is 0.120. The second kappa shape index (κ2) is 6.00. The standard InChI is InChI=1S/C12H21NO4/c1-8(2)10(12(15)16)13(3)11(14)9-6-4-5-7-17-9/h8-10H,4-7H2,1-3H3,(H,15,16). The van der Waals surface area contributed by atoms with Gasteiger partial charge in [-0.2, -0.15) is 0 Å². The molecule has 2 atom stereocenters. The van der Waals surface area contributed by atoms with Crippen molar-refractivity contribution in [1.82, 2.24) is 4.90 Å². The fourth-order valence-electron chi connectivity index (χ4n) is 2.20. The smallest absolute Gasteiger partial charge is 0.326 e. The van der Waals surface area contributed by atoms with Gasteiger partial charge < -0.3 is 14.7 Å². The zero-order valence-electron chi connectivity index (χ0n) is 10.7. The van der Waals surface area contributed by atoms with Crippen molar-refractivity contribution < 1.29 is 19.4 Å². The van der Waals surface area contributed by atoms with Gasteiger partial charge >= 0.3 is 5.97 Å². The number of hydrogen-bond donors (Lipinski definition) is 1. The molecular weight excluding hydrogens is 222 g/mol. The van der Waals surface area contributed by atoms with E-state index in [4.69, 9.17) is 9.84 Å². The summed E-state index contributed by atoms with van der Waals surface area (Å²) in [6, 6.07) is -0.784. The second-order valence-corrected chi connectivity index (χ2v) is 4.83. The van der Waals surface area contributed by atoms with E-state index in [2.05, 4.69) is 0 Å². The van der Waals surface area contributed by atoms with Gasteiger partial charge in [0.25, 0.3) is 5.91 Å². The Morgan fingerprint density at radius 2 is 2.00 bits per heavy atom. The van der Waals surface area contributed by atoms with Crippen molar-refractivity contribution in [3.8, 4) is 0 Å². The first-order valence-corrected chi connectivity index (χ1v) is 6.06. The van der Waals surface area contributed by atoms with E-state index in [0.29, 0.717) is 13.0 Å². The van der Waals surface area contributed by atoms with Crippen LogP contribution in [0.25, 0.3) is 0 Å². The molecule has 0 aliphatic carbocycles. The lowest BCUT2D eigenvalue weighted by atomic mass is 10.0. The third-order valence-corrected chi connectivity index (χ3v) is 3.10. The van der Waals surface area contributed by atoms with E-state index in [9.17, 15) is 9.59 Å². The largest absolute Gasteiger partial charge is 0.480 e. The maximum absolute atomic E-state index is 12.1. The van der Waals surface area contributed by atoms with Crippen LogP contribution < -0.4 is 0 Å². The summed E-state index contributed by atoms with van der Waals surface area (Å²) in [5.74, 6) is -1.30. The number of carboxylic acid groups (broad SMARTS) is 1. The van der Waals surface area contributed by atoms with E-state index < -0.39 is 18.1 Å². The van der Waals surface area contributed by atoms with Gasteiger partial charge in [-0.3, -0.25) is 4.79 Å². The number of rotatable bonds is 4. The van der Waals surface area contributed by atoms with E-state index in [0.717, 1.165) is 12.8 Å². The number of likely N-dealkylation sites (N-methyl/N-ethyl adjacent to an activating group) is 1. The molecule has 98 valence electrons. The molecule has 1 aliphatic rings. The van der Waals surface area contributed by atoms with E-state index >= 15 is 0 Å². The molecule has 5 heteroatoms. The Labute approximate surface area is 102 Å². The van der Waals surface area contributed by atoms with Crippen molar-refractivity contribution in [3.63, 3.8) is 0 Å². The molecule has 17 heavy (non-hydrogen) atoms. The monoisotopic (exact) mass is 243 g/mol. The predicted octanol–water partition coefficient (Wildman–Crippen LogP) is 1.12. The molecule has 0 aromatic rings. The quantitative estimate of drug-likeness (QED) is 0.803. The SMILES string of the molecule is CC(C)C(C(=O)O)N(C)C(=O)C1CCCCO1. The van der Waals surface area contributed by atoms with E-state index in [1.54, 1.807) is 20.9 Å². The summed E-state index contributed by atoms with van der Waals surface area (Å²) in [5.41, 5.74) is 0. The molecule has 1 saturated heterocycles. The average Bonchev–Trinajstić information content (AvgIpc) is 2.28. The minimum atomic E-state index is -0.966. The van der Waals surface area contributed by atoms with Gasteiger partial charge in [-0.05, 0) is 25.2 Å². The Morgan fingerprint density at radius 3 is 2.41 bits per heavy atom.